The summed E-state index contributed by atoms with van der Waals surface area (Å²) in [5.74, 6) is -1.35. The van der Waals surface area contributed by atoms with E-state index in [1.165, 1.54) is 4.90 Å². The maximum Gasteiger partial charge on any atom is 0.299 e. The molecule has 0 aliphatic carbocycles. The predicted octanol–water partition coefficient (Wildman–Crippen LogP) is 1.35. The molecule has 0 aromatic heterocycles. The third-order valence-corrected chi connectivity index (χ3v) is 5.70. The van der Waals surface area contributed by atoms with E-state index in [0.717, 1.165) is 5.56 Å². The van der Waals surface area contributed by atoms with Gasteiger partial charge in [-0.2, -0.15) is 0 Å². The number of fused-ring (bicyclic) bond motifs is 1. The molecule has 0 bridgehead atoms. The first kappa shape index (κ1) is 14.7. The van der Waals surface area contributed by atoms with Gasteiger partial charge in [0.15, 0.2) is 9.84 Å². The minimum Gasteiger partial charge on any atom is -0.303 e. The normalized spacial score (nSPS) is 15.1. The quantitative estimate of drug-likeness (QED) is 0.786. The van der Waals surface area contributed by atoms with E-state index in [-0.39, 0.29) is 12.3 Å². The zero-order valence-electron chi connectivity index (χ0n) is 11.7. The number of ketones is 1. The first-order valence-corrected chi connectivity index (χ1v) is 8.14. The van der Waals surface area contributed by atoms with E-state index in [9.17, 15) is 18.0 Å². The molecule has 1 heterocycles. The first-order valence-electron chi connectivity index (χ1n) is 6.43. The lowest BCUT2D eigenvalue weighted by atomic mass is 10.1. The van der Waals surface area contributed by atoms with Crippen molar-refractivity contribution < 1.29 is 18.0 Å². The van der Waals surface area contributed by atoms with Crippen molar-refractivity contribution in [3.63, 3.8) is 0 Å². The molecule has 1 aromatic carbocycles. The fourth-order valence-electron chi connectivity index (χ4n) is 2.21. The van der Waals surface area contributed by atoms with Crippen LogP contribution in [-0.2, 0) is 14.6 Å². The second kappa shape index (κ2) is 5.01. The monoisotopic (exact) mass is 295 g/mol. The Balaban J connectivity index is 2.32. The second-order valence-corrected chi connectivity index (χ2v) is 7.85. The predicted molar refractivity (Wildman–Crippen MR) is 76.8 cm³/mol. The van der Waals surface area contributed by atoms with E-state index < -0.39 is 26.8 Å². The Bertz CT molecular complexity index is 676. The van der Waals surface area contributed by atoms with Crippen LogP contribution in [0.25, 0.3) is 0 Å². The summed E-state index contributed by atoms with van der Waals surface area (Å²) in [7, 11) is -3.25. The van der Waals surface area contributed by atoms with Crippen molar-refractivity contribution in [2.24, 2.45) is 0 Å². The minimum absolute atomic E-state index is 0.0168. The highest BCUT2D eigenvalue weighted by Gasteiger charge is 2.37. The van der Waals surface area contributed by atoms with Crippen LogP contribution in [0, 0.1) is 6.92 Å². The van der Waals surface area contributed by atoms with Crippen molar-refractivity contribution in [3.05, 3.63) is 29.3 Å². The van der Waals surface area contributed by atoms with Crippen LogP contribution < -0.4 is 4.90 Å². The van der Waals surface area contributed by atoms with Crippen molar-refractivity contribution in [1.82, 2.24) is 0 Å². The third-order valence-electron chi connectivity index (χ3n) is 3.51. The lowest BCUT2D eigenvalue weighted by Crippen LogP contribution is -2.35. The van der Waals surface area contributed by atoms with Crippen molar-refractivity contribution in [2.45, 2.75) is 26.0 Å². The topological polar surface area (TPSA) is 71.5 Å². The zero-order chi connectivity index (χ0) is 15.1. The summed E-state index contributed by atoms with van der Waals surface area (Å²) in [6, 6.07) is 5.11. The van der Waals surface area contributed by atoms with Gasteiger partial charge in [-0.15, -0.1) is 0 Å². The molecule has 0 fully saturated rings. The number of sulfone groups is 1. The first-order chi connectivity index (χ1) is 9.25. The smallest absolute Gasteiger partial charge is 0.299 e. The van der Waals surface area contributed by atoms with Crippen molar-refractivity contribution in [1.29, 1.82) is 0 Å². The van der Waals surface area contributed by atoms with E-state index >= 15 is 0 Å². The number of aryl methyl sites for hydroxylation is 1. The molecule has 0 N–H and O–H groups in total. The molecule has 1 amide bonds. The van der Waals surface area contributed by atoms with Gasteiger partial charge in [0, 0.05) is 6.54 Å². The number of carbonyl (C=O) groups is 2. The van der Waals surface area contributed by atoms with E-state index in [1.54, 1.807) is 39.0 Å². The van der Waals surface area contributed by atoms with E-state index in [1.807, 2.05) is 0 Å². The molecule has 0 atom stereocenters. The molecule has 0 radical (unpaired) electrons. The molecule has 108 valence electrons. The molecule has 0 saturated heterocycles. The van der Waals surface area contributed by atoms with E-state index in [2.05, 4.69) is 0 Å². The average Bonchev–Trinajstić information content (AvgIpc) is 2.62. The van der Waals surface area contributed by atoms with Gasteiger partial charge >= 0.3 is 0 Å². The lowest BCUT2D eigenvalue weighted by molar-refractivity contribution is -0.114. The number of hydrogen-bond donors (Lipinski definition) is 0. The number of amides is 1. The number of rotatable bonds is 4. The Hall–Kier alpha value is -1.69. The highest BCUT2D eigenvalue weighted by Crippen LogP contribution is 2.32. The van der Waals surface area contributed by atoms with Gasteiger partial charge in [-0.1, -0.05) is 12.1 Å². The van der Waals surface area contributed by atoms with Crippen LogP contribution >= 0.6 is 0 Å². The van der Waals surface area contributed by atoms with Gasteiger partial charge in [-0.3, -0.25) is 9.59 Å². The SMILES string of the molecule is Cc1cccc2c1N(CCS(=O)(=O)C(C)C)C(=O)C2=O. The van der Waals surface area contributed by atoms with Gasteiger partial charge in [0.25, 0.3) is 11.7 Å². The Kier molecular flexibility index (Phi) is 3.69. The summed E-state index contributed by atoms with van der Waals surface area (Å²) < 4.78 is 23.7. The molecule has 5 nitrogen and oxygen atoms in total. The number of benzene rings is 1. The molecule has 1 aliphatic heterocycles. The fraction of sp³-hybridized carbons (Fsp3) is 0.429. The van der Waals surface area contributed by atoms with Gasteiger partial charge < -0.3 is 4.90 Å². The Morgan fingerprint density at radius 2 is 1.85 bits per heavy atom. The Morgan fingerprint density at radius 1 is 1.20 bits per heavy atom. The molecule has 2 rings (SSSR count). The highest BCUT2D eigenvalue weighted by molar-refractivity contribution is 7.92. The molecule has 20 heavy (non-hydrogen) atoms. The van der Waals surface area contributed by atoms with Crippen LogP contribution in [0.1, 0.15) is 29.8 Å². The lowest BCUT2D eigenvalue weighted by Gasteiger charge is -2.19. The number of para-hydroxylation sites is 1. The maximum absolute atomic E-state index is 12.0. The molecule has 6 heteroatoms. The number of Topliss-reactive ketones (excluding diaryl/α,β-unsaturated/α-hetero) is 1. The summed E-state index contributed by atoms with van der Waals surface area (Å²) in [5.41, 5.74) is 1.70. The summed E-state index contributed by atoms with van der Waals surface area (Å²) in [5, 5.41) is -0.493. The van der Waals surface area contributed by atoms with Gasteiger partial charge in [0.1, 0.15) is 0 Å². The Labute approximate surface area is 118 Å². The largest absolute Gasteiger partial charge is 0.303 e. The summed E-state index contributed by atoms with van der Waals surface area (Å²) in [6.45, 7) is 5.02. The van der Waals surface area contributed by atoms with Gasteiger partial charge in [0.05, 0.1) is 22.3 Å². The maximum atomic E-state index is 12.0. The molecule has 1 aliphatic rings. The third kappa shape index (κ3) is 2.35. The van der Waals surface area contributed by atoms with Crippen LogP contribution in [0.15, 0.2) is 18.2 Å². The van der Waals surface area contributed by atoms with E-state index in [4.69, 9.17) is 0 Å². The van der Waals surface area contributed by atoms with Crippen LogP contribution in [0.4, 0.5) is 5.69 Å². The van der Waals surface area contributed by atoms with Crippen LogP contribution in [0.5, 0.6) is 0 Å². The van der Waals surface area contributed by atoms with Gasteiger partial charge in [0.2, 0.25) is 0 Å². The molecular weight excluding hydrogens is 278 g/mol. The van der Waals surface area contributed by atoms with E-state index in [0.29, 0.717) is 11.3 Å². The minimum atomic E-state index is -3.25. The average molecular weight is 295 g/mol. The van der Waals surface area contributed by atoms with Crippen molar-refractivity contribution in [3.8, 4) is 0 Å². The number of hydrogen-bond acceptors (Lipinski definition) is 4. The number of anilines is 1. The van der Waals surface area contributed by atoms with Crippen LogP contribution in [0.3, 0.4) is 0 Å². The zero-order valence-corrected chi connectivity index (χ0v) is 12.5. The van der Waals surface area contributed by atoms with Crippen LogP contribution in [-0.4, -0.2) is 37.7 Å². The van der Waals surface area contributed by atoms with Gasteiger partial charge in [-0.25, -0.2) is 8.42 Å². The summed E-state index contributed by atoms with van der Waals surface area (Å²) in [4.78, 5) is 25.1. The molecular formula is C14H17NO4S. The molecule has 0 spiro atoms. The standard InChI is InChI=1S/C14H17NO4S/c1-9(2)20(18,19)8-7-15-12-10(3)5-4-6-11(12)13(16)14(15)17/h4-6,9H,7-8H2,1-3H3. The van der Waals surface area contributed by atoms with Crippen LogP contribution in [0.2, 0.25) is 0 Å². The van der Waals surface area contributed by atoms with Crippen molar-refractivity contribution >= 4 is 27.2 Å². The highest BCUT2D eigenvalue weighted by atomic mass is 32.2. The molecule has 0 saturated carbocycles. The molecule has 1 aromatic rings. The summed E-state index contributed by atoms with van der Waals surface area (Å²) >= 11 is 0. The fourth-order valence-corrected chi connectivity index (χ4v) is 3.12. The van der Waals surface area contributed by atoms with Crippen molar-refractivity contribution in [2.75, 3.05) is 17.2 Å². The number of nitrogens with zero attached hydrogens (tertiary/aromatic N) is 1. The van der Waals surface area contributed by atoms with Gasteiger partial charge in [-0.05, 0) is 32.4 Å². The molecule has 0 unspecified atom stereocenters. The second-order valence-electron chi connectivity index (χ2n) is 5.17. The summed E-state index contributed by atoms with van der Waals surface area (Å²) in [6.07, 6.45) is 0. The number of carbonyl (C=O) groups excluding carboxylic acids is 2. The Morgan fingerprint density at radius 3 is 2.45 bits per heavy atom.